The molecule has 35 heavy (non-hydrogen) atoms. The van der Waals surface area contributed by atoms with Crippen LogP contribution < -0.4 is 0 Å². The lowest BCUT2D eigenvalue weighted by atomic mass is 9.58. The minimum atomic E-state index is -0.862. The van der Waals surface area contributed by atoms with E-state index in [1.54, 1.807) is 6.07 Å². The van der Waals surface area contributed by atoms with Crippen LogP contribution in [0.25, 0.3) is 22.9 Å². The number of nitrogens with zero attached hydrogens (tertiary/aromatic N) is 6. The third kappa shape index (κ3) is 3.33. The van der Waals surface area contributed by atoms with Crippen LogP contribution >= 0.6 is 0 Å². The monoisotopic (exact) mass is 479 g/mol. The lowest BCUT2D eigenvalue weighted by molar-refractivity contribution is 0.189. The van der Waals surface area contributed by atoms with Gasteiger partial charge >= 0.3 is 0 Å². The second kappa shape index (κ2) is 7.91. The first-order chi connectivity index (χ1) is 16.9. The van der Waals surface area contributed by atoms with Crippen LogP contribution in [0.1, 0.15) is 67.4 Å². The molecule has 2 N–H and O–H groups in total. The molecule has 3 aromatic heterocycles. The van der Waals surface area contributed by atoms with Crippen LogP contribution in [0.5, 0.6) is 0 Å². The van der Waals surface area contributed by atoms with Gasteiger partial charge < -0.3 is 10.1 Å². The van der Waals surface area contributed by atoms with Crippen molar-refractivity contribution in [2.24, 2.45) is 0 Å². The van der Waals surface area contributed by atoms with Gasteiger partial charge in [0.25, 0.3) is 0 Å². The Bertz CT molecular complexity index is 1430. The number of aliphatic hydroxyl groups is 1. The minimum absolute atomic E-state index is 0.109. The van der Waals surface area contributed by atoms with Crippen LogP contribution in [0.2, 0.25) is 0 Å². The summed E-state index contributed by atoms with van der Waals surface area (Å²) in [5, 5.41) is 26.1. The smallest absolute Gasteiger partial charge is 0.199 e. The van der Waals surface area contributed by atoms with E-state index in [9.17, 15) is 13.9 Å². The number of aromatic amines is 1. The molecule has 0 spiro atoms. The predicted octanol–water partition coefficient (Wildman–Crippen LogP) is 4.15. The number of rotatable bonds is 4. The molecule has 1 atom stereocenters. The second-order valence-electron chi connectivity index (χ2n) is 9.11. The standard InChI is InChI=1S/C24H20F3N7O/c1-11(35)21-30-23(34-33-21)22-28-10-16(27)20(29-22)24-7-5-12(6-8-24)13-9-17(31-32-19(13)24)18-14(25)3-2-4-15(18)26/h2-4,9-12,35H,5-8H2,1H3,(H,30,33,34)/t11-,12-,24-/m1/s1. The molecule has 0 radical (unpaired) electrons. The van der Waals surface area contributed by atoms with E-state index in [1.807, 2.05) is 0 Å². The molecule has 0 amide bonds. The molecule has 3 heterocycles. The molecule has 3 aliphatic rings. The van der Waals surface area contributed by atoms with Gasteiger partial charge in [0.2, 0.25) is 0 Å². The maximum atomic E-state index is 15.2. The van der Waals surface area contributed by atoms with Gasteiger partial charge in [0, 0.05) is 0 Å². The molecule has 7 rings (SSSR count). The fourth-order valence-corrected chi connectivity index (χ4v) is 5.34. The molecule has 0 saturated heterocycles. The molecule has 178 valence electrons. The Morgan fingerprint density at radius 1 is 1.00 bits per heavy atom. The molecule has 1 saturated carbocycles. The number of aliphatic hydroxyl groups excluding tert-OH is 1. The molecule has 2 bridgehead atoms. The van der Waals surface area contributed by atoms with E-state index in [0.717, 1.165) is 24.6 Å². The average molecular weight is 479 g/mol. The van der Waals surface area contributed by atoms with Gasteiger partial charge in [0.15, 0.2) is 23.3 Å². The van der Waals surface area contributed by atoms with E-state index in [0.29, 0.717) is 18.5 Å². The maximum absolute atomic E-state index is 15.2. The Kier molecular flexibility index (Phi) is 4.92. The Morgan fingerprint density at radius 2 is 1.74 bits per heavy atom. The quantitative estimate of drug-likeness (QED) is 0.452. The number of halogens is 3. The van der Waals surface area contributed by atoms with Crippen molar-refractivity contribution in [1.82, 2.24) is 35.3 Å². The zero-order valence-corrected chi connectivity index (χ0v) is 18.6. The molecule has 8 nitrogen and oxygen atoms in total. The summed E-state index contributed by atoms with van der Waals surface area (Å²) in [6, 6.07) is 5.33. The van der Waals surface area contributed by atoms with Gasteiger partial charge in [-0.2, -0.15) is 5.10 Å². The van der Waals surface area contributed by atoms with Gasteiger partial charge in [-0.05, 0) is 62.3 Å². The summed E-state index contributed by atoms with van der Waals surface area (Å²) < 4.78 is 44.0. The summed E-state index contributed by atoms with van der Waals surface area (Å²) in [5.41, 5.74) is 0.595. The Labute approximate surface area is 197 Å². The van der Waals surface area contributed by atoms with E-state index in [4.69, 9.17) is 0 Å². The van der Waals surface area contributed by atoms with Crippen molar-refractivity contribution < 1.29 is 18.3 Å². The van der Waals surface area contributed by atoms with Gasteiger partial charge in [-0.25, -0.2) is 23.1 Å². The molecule has 0 aliphatic heterocycles. The number of aromatic nitrogens is 7. The van der Waals surface area contributed by atoms with Gasteiger partial charge in [-0.3, -0.25) is 0 Å². The number of nitrogens with one attached hydrogen (secondary N) is 1. The highest BCUT2D eigenvalue weighted by Crippen LogP contribution is 2.55. The molecule has 3 aliphatic carbocycles. The number of hydrogen-bond acceptors (Lipinski definition) is 7. The van der Waals surface area contributed by atoms with Crippen molar-refractivity contribution in [2.75, 3.05) is 0 Å². The van der Waals surface area contributed by atoms with Crippen molar-refractivity contribution in [3.05, 3.63) is 70.7 Å². The highest BCUT2D eigenvalue weighted by molar-refractivity contribution is 5.62. The van der Waals surface area contributed by atoms with Gasteiger partial charge in [0.05, 0.1) is 34.3 Å². The van der Waals surface area contributed by atoms with Crippen LogP contribution in [-0.2, 0) is 5.41 Å². The molecule has 11 heteroatoms. The van der Waals surface area contributed by atoms with Crippen LogP contribution in [0.4, 0.5) is 13.2 Å². The largest absolute Gasteiger partial charge is 0.385 e. The molecular formula is C24H20F3N7O. The summed E-state index contributed by atoms with van der Waals surface area (Å²) in [7, 11) is 0. The first-order valence-corrected chi connectivity index (χ1v) is 11.3. The summed E-state index contributed by atoms with van der Waals surface area (Å²) in [4.78, 5) is 11.4. The third-order valence-corrected chi connectivity index (χ3v) is 7.08. The SMILES string of the molecule is C[C@@H](O)c1nnc(-c2ncc(F)c([C@]34CC[C@H](CC3)c3cc(-c5c(F)cccc5F)nnc34)n2)[nH]1. The molecule has 1 fully saturated rings. The molecule has 4 aromatic rings. The van der Waals surface area contributed by atoms with Gasteiger partial charge in [-0.15, -0.1) is 15.3 Å². The first-order valence-electron chi connectivity index (χ1n) is 11.3. The summed E-state index contributed by atoms with van der Waals surface area (Å²) in [6.07, 6.45) is 2.95. The van der Waals surface area contributed by atoms with Gasteiger partial charge in [0.1, 0.15) is 17.7 Å². The Morgan fingerprint density at radius 3 is 2.43 bits per heavy atom. The van der Waals surface area contributed by atoms with Crippen LogP contribution in [0.3, 0.4) is 0 Å². The van der Waals surface area contributed by atoms with E-state index in [1.165, 1.54) is 25.1 Å². The third-order valence-electron chi connectivity index (χ3n) is 7.08. The van der Waals surface area contributed by atoms with Crippen LogP contribution in [0.15, 0.2) is 30.5 Å². The highest BCUT2D eigenvalue weighted by Gasteiger charge is 2.50. The van der Waals surface area contributed by atoms with E-state index < -0.39 is 29.0 Å². The number of hydrogen-bond donors (Lipinski definition) is 2. The lowest BCUT2D eigenvalue weighted by Gasteiger charge is -2.46. The van der Waals surface area contributed by atoms with Crippen LogP contribution in [0, 0.1) is 17.5 Å². The molecule has 1 aromatic carbocycles. The average Bonchev–Trinajstić information content (AvgIpc) is 3.36. The molecule has 0 unspecified atom stereocenters. The summed E-state index contributed by atoms with van der Waals surface area (Å²) in [6.45, 7) is 1.54. The number of benzene rings is 1. The van der Waals surface area contributed by atoms with Crippen molar-refractivity contribution in [3.63, 3.8) is 0 Å². The summed E-state index contributed by atoms with van der Waals surface area (Å²) >= 11 is 0. The lowest BCUT2D eigenvalue weighted by Crippen LogP contribution is -2.41. The second-order valence-corrected chi connectivity index (χ2v) is 9.11. The highest BCUT2D eigenvalue weighted by atomic mass is 19.1. The zero-order chi connectivity index (χ0) is 24.3. The van der Waals surface area contributed by atoms with Gasteiger partial charge in [-0.1, -0.05) is 6.07 Å². The fourth-order valence-electron chi connectivity index (χ4n) is 5.34. The first kappa shape index (κ1) is 21.8. The normalized spacial score (nSPS) is 21.7. The number of fused-ring (bicyclic) bond motifs is 2. The Hall–Kier alpha value is -3.73. The van der Waals surface area contributed by atoms with Crippen LogP contribution in [-0.4, -0.2) is 40.5 Å². The van der Waals surface area contributed by atoms with Crippen molar-refractivity contribution in [3.8, 4) is 22.9 Å². The maximum Gasteiger partial charge on any atom is 0.199 e. The predicted molar refractivity (Wildman–Crippen MR) is 117 cm³/mol. The zero-order valence-electron chi connectivity index (χ0n) is 18.6. The van der Waals surface area contributed by atoms with Crippen molar-refractivity contribution in [1.29, 1.82) is 0 Å². The minimum Gasteiger partial charge on any atom is -0.385 e. The molecular weight excluding hydrogens is 459 g/mol. The summed E-state index contributed by atoms with van der Waals surface area (Å²) in [5.74, 6) is -1.28. The topological polar surface area (TPSA) is 113 Å². The Balaban J connectivity index is 1.48. The van der Waals surface area contributed by atoms with E-state index in [2.05, 4.69) is 35.3 Å². The van der Waals surface area contributed by atoms with E-state index in [-0.39, 0.29) is 40.3 Å². The van der Waals surface area contributed by atoms with E-state index >= 15 is 4.39 Å². The fraction of sp³-hybridized carbons (Fsp3) is 0.333. The number of H-pyrrole nitrogens is 1. The van der Waals surface area contributed by atoms with Crippen molar-refractivity contribution >= 4 is 0 Å². The van der Waals surface area contributed by atoms with Crippen molar-refractivity contribution in [2.45, 2.75) is 50.0 Å².